The van der Waals surface area contributed by atoms with Crippen LogP contribution in [0.4, 0.5) is 0 Å². The van der Waals surface area contributed by atoms with E-state index in [-0.39, 0.29) is 23.1 Å². The lowest BCUT2D eigenvalue weighted by Gasteiger charge is -2.32. The van der Waals surface area contributed by atoms with Crippen molar-refractivity contribution in [3.63, 3.8) is 0 Å². The van der Waals surface area contributed by atoms with Crippen molar-refractivity contribution >= 4 is 5.91 Å². The minimum Gasteiger partial charge on any atom is -0.336 e. The molecule has 20 heavy (non-hydrogen) atoms. The third-order valence-electron chi connectivity index (χ3n) is 3.79. The molecule has 2 rings (SSSR count). The van der Waals surface area contributed by atoms with Gasteiger partial charge in [-0.3, -0.25) is 9.59 Å². The van der Waals surface area contributed by atoms with Gasteiger partial charge in [0.2, 0.25) is 0 Å². The first-order chi connectivity index (χ1) is 9.59. The lowest BCUT2D eigenvalue weighted by molar-refractivity contribution is 0.0659. The number of rotatable bonds is 4. The number of carbonyl (C=O) groups excluding carboxylic acids is 1. The Morgan fingerprint density at radius 2 is 2.30 bits per heavy atom. The van der Waals surface area contributed by atoms with Gasteiger partial charge in [0.05, 0.1) is 0 Å². The summed E-state index contributed by atoms with van der Waals surface area (Å²) in [6.07, 6.45) is 3.83. The van der Waals surface area contributed by atoms with Gasteiger partial charge in [-0.1, -0.05) is 0 Å². The van der Waals surface area contributed by atoms with E-state index in [2.05, 4.69) is 10.3 Å². The summed E-state index contributed by atoms with van der Waals surface area (Å²) < 4.78 is 0. The number of piperidine rings is 1. The lowest BCUT2D eigenvalue weighted by Crippen LogP contribution is -2.45. The first-order valence-electron chi connectivity index (χ1n) is 7.29. The number of hydrogen-bond acceptors (Lipinski definition) is 3. The van der Waals surface area contributed by atoms with E-state index in [1.165, 1.54) is 0 Å². The van der Waals surface area contributed by atoms with Crippen molar-refractivity contribution in [2.24, 2.45) is 5.92 Å². The topological polar surface area (TPSA) is 65.2 Å². The zero-order valence-corrected chi connectivity index (χ0v) is 12.2. The van der Waals surface area contributed by atoms with E-state index in [0.29, 0.717) is 12.5 Å². The first kappa shape index (κ1) is 14.8. The van der Waals surface area contributed by atoms with Gasteiger partial charge < -0.3 is 15.2 Å². The molecular weight excluding hydrogens is 254 g/mol. The highest BCUT2D eigenvalue weighted by Crippen LogP contribution is 2.15. The second-order valence-corrected chi connectivity index (χ2v) is 5.68. The first-order valence-corrected chi connectivity index (χ1v) is 7.29. The molecule has 1 saturated heterocycles. The summed E-state index contributed by atoms with van der Waals surface area (Å²) in [5, 5.41) is 3.36. The molecule has 1 amide bonds. The molecule has 1 unspecified atom stereocenters. The fourth-order valence-electron chi connectivity index (χ4n) is 2.63. The van der Waals surface area contributed by atoms with Crippen LogP contribution in [-0.2, 0) is 0 Å². The van der Waals surface area contributed by atoms with E-state index in [4.69, 9.17) is 0 Å². The number of H-pyrrole nitrogens is 1. The number of nitrogens with one attached hydrogen (secondary N) is 2. The standard InChI is InChI=1S/C15H23N3O2/c1-11(2)18(10-12-5-3-7-16-9-12)15(20)13-6-4-8-17-14(13)19/h4,6,8,11-12,16H,3,5,7,9-10H2,1-2H3,(H,17,19). The summed E-state index contributed by atoms with van der Waals surface area (Å²) in [5.41, 5.74) is -0.0881. The van der Waals surface area contributed by atoms with Gasteiger partial charge in [0.15, 0.2) is 0 Å². The number of nitrogens with zero attached hydrogens (tertiary/aromatic N) is 1. The molecule has 2 N–H and O–H groups in total. The molecule has 2 heterocycles. The average molecular weight is 277 g/mol. The van der Waals surface area contributed by atoms with Gasteiger partial charge in [0.25, 0.3) is 11.5 Å². The molecule has 5 heteroatoms. The summed E-state index contributed by atoms with van der Waals surface area (Å²) in [5.74, 6) is 0.297. The minimum atomic E-state index is -0.315. The Bertz CT molecular complexity index is 504. The Morgan fingerprint density at radius 3 is 2.90 bits per heavy atom. The Morgan fingerprint density at radius 1 is 1.50 bits per heavy atom. The zero-order valence-electron chi connectivity index (χ0n) is 12.2. The van der Waals surface area contributed by atoms with E-state index < -0.39 is 0 Å². The highest BCUT2D eigenvalue weighted by Gasteiger charge is 2.25. The average Bonchev–Trinajstić information content (AvgIpc) is 2.45. The largest absolute Gasteiger partial charge is 0.336 e. The highest BCUT2D eigenvalue weighted by molar-refractivity contribution is 5.94. The molecule has 5 nitrogen and oxygen atoms in total. The van der Waals surface area contributed by atoms with Crippen LogP contribution in [0, 0.1) is 5.92 Å². The summed E-state index contributed by atoms with van der Waals surface area (Å²) >= 11 is 0. The van der Waals surface area contributed by atoms with Crippen molar-refractivity contribution in [3.8, 4) is 0 Å². The number of aromatic amines is 1. The number of hydrogen-bond donors (Lipinski definition) is 2. The number of pyridine rings is 1. The van der Waals surface area contributed by atoms with Gasteiger partial charge in [0.1, 0.15) is 5.56 Å². The van der Waals surface area contributed by atoms with Gasteiger partial charge in [-0.15, -0.1) is 0 Å². The fraction of sp³-hybridized carbons (Fsp3) is 0.600. The molecule has 0 aromatic carbocycles. The maximum absolute atomic E-state index is 12.6. The van der Waals surface area contributed by atoms with Crippen LogP contribution in [0.3, 0.4) is 0 Å². The smallest absolute Gasteiger partial charge is 0.260 e. The van der Waals surface area contributed by atoms with Crippen LogP contribution in [-0.4, -0.2) is 41.5 Å². The van der Waals surface area contributed by atoms with Gasteiger partial charge in [0, 0.05) is 18.8 Å². The van der Waals surface area contributed by atoms with E-state index >= 15 is 0 Å². The Hall–Kier alpha value is -1.62. The molecule has 0 saturated carbocycles. The van der Waals surface area contributed by atoms with E-state index in [1.807, 2.05) is 18.7 Å². The van der Waals surface area contributed by atoms with Gasteiger partial charge in [-0.05, 0) is 57.8 Å². The van der Waals surface area contributed by atoms with Crippen molar-refractivity contribution in [1.82, 2.24) is 15.2 Å². The monoisotopic (exact) mass is 277 g/mol. The minimum absolute atomic E-state index is 0.0871. The SMILES string of the molecule is CC(C)N(CC1CCCNC1)C(=O)c1ccc[nH]c1=O. The molecular formula is C15H23N3O2. The van der Waals surface area contributed by atoms with Crippen LogP contribution in [0.15, 0.2) is 23.1 Å². The maximum Gasteiger partial charge on any atom is 0.260 e. The number of aromatic nitrogens is 1. The van der Waals surface area contributed by atoms with Gasteiger partial charge >= 0.3 is 0 Å². The molecule has 1 aromatic rings. The molecule has 0 bridgehead atoms. The van der Waals surface area contributed by atoms with E-state index in [1.54, 1.807) is 18.3 Å². The van der Waals surface area contributed by atoms with Crippen molar-refractivity contribution < 1.29 is 4.79 Å². The molecule has 1 aliphatic heterocycles. The molecule has 1 aromatic heterocycles. The summed E-state index contributed by atoms with van der Waals surface area (Å²) in [7, 11) is 0. The van der Waals surface area contributed by atoms with Crippen LogP contribution in [0.2, 0.25) is 0 Å². The molecule has 110 valence electrons. The van der Waals surface area contributed by atoms with Gasteiger partial charge in [-0.25, -0.2) is 0 Å². The fourth-order valence-corrected chi connectivity index (χ4v) is 2.63. The predicted molar refractivity (Wildman–Crippen MR) is 78.8 cm³/mol. The normalized spacial score (nSPS) is 19.1. The van der Waals surface area contributed by atoms with Crippen molar-refractivity contribution in [1.29, 1.82) is 0 Å². The Labute approximate surface area is 119 Å². The third-order valence-corrected chi connectivity index (χ3v) is 3.79. The zero-order chi connectivity index (χ0) is 14.5. The van der Waals surface area contributed by atoms with Crippen LogP contribution < -0.4 is 10.9 Å². The molecule has 1 aliphatic rings. The Balaban J connectivity index is 2.13. The third kappa shape index (κ3) is 3.48. The highest BCUT2D eigenvalue weighted by atomic mass is 16.2. The summed E-state index contributed by atoms with van der Waals surface area (Å²) in [6, 6.07) is 3.37. The van der Waals surface area contributed by atoms with Crippen molar-refractivity contribution in [2.75, 3.05) is 19.6 Å². The molecule has 0 radical (unpaired) electrons. The molecule has 0 aliphatic carbocycles. The predicted octanol–water partition coefficient (Wildman–Crippen LogP) is 1.23. The lowest BCUT2D eigenvalue weighted by atomic mass is 9.98. The summed E-state index contributed by atoms with van der Waals surface area (Å²) in [6.45, 7) is 6.69. The van der Waals surface area contributed by atoms with Crippen LogP contribution in [0.1, 0.15) is 37.0 Å². The van der Waals surface area contributed by atoms with Crippen LogP contribution >= 0.6 is 0 Å². The van der Waals surface area contributed by atoms with Crippen LogP contribution in [0.5, 0.6) is 0 Å². The second-order valence-electron chi connectivity index (χ2n) is 5.68. The Kier molecular flexibility index (Phi) is 4.95. The molecule has 1 fully saturated rings. The number of amides is 1. The van der Waals surface area contributed by atoms with Crippen LogP contribution in [0.25, 0.3) is 0 Å². The van der Waals surface area contributed by atoms with E-state index in [0.717, 1.165) is 25.9 Å². The number of carbonyl (C=O) groups is 1. The van der Waals surface area contributed by atoms with Crippen molar-refractivity contribution in [3.05, 3.63) is 34.2 Å². The maximum atomic E-state index is 12.6. The molecule has 1 atom stereocenters. The second kappa shape index (κ2) is 6.70. The molecule has 0 spiro atoms. The quantitative estimate of drug-likeness (QED) is 0.870. The van der Waals surface area contributed by atoms with E-state index in [9.17, 15) is 9.59 Å². The van der Waals surface area contributed by atoms with Crippen molar-refractivity contribution in [2.45, 2.75) is 32.7 Å². The van der Waals surface area contributed by atoms with Gasteiger partial charge in [-0.2, -0.15) is 0 Å². The summed E-state index contributed by atoms with van der Waals surface area (Å²) in [4.78, 5) is 28.7.